The minimum absolute atomic E-state index is 0.00776. The SMILES string of the molecule is O=C(NCCCN1CCC(N2CCCCC2)CC1)c1ccc(S(=O)(=O)Nc2ccccc2Oc2ccc(F)cc2Cl)cc1. The molecule has 2 fully saturated rings. The molecule has 0 unspecified atom stereocenters. The number of carbonyl (C=O) groups excluding carboxylic acids is 1. The number of amides is 1. The number of likely N-dealkylation sites (tertiary alicyclic amines) is 2. The summed E-state index contributed by atoms with van der Waals surface area (Å²) >= 11 is 6.07. The molecule has 2 N–H and O–H groups in total. The second kappa shape index (κ2) is 14.5. The molecule has 2 heterocycles. The lowest BCUT2D eigenvalue weighted by molar-refractivity contribution is 0.0902. The van der Waals surface area contributed by atoms with Gasteiger partial charge >= 0.3 is 0 Å². The predicted octanol–water partition coefficient (Wildman–Crippen LogP) is 6.14. The molecule has 2 aliphatic heterocycles. The van der Waals surface area contributed by atoms with Crippen LogP contribution in [0.3, 0.4) is 0 Å². The number of nitrogens with zero attached hydrogens (tertiary/aromatic N) is 2. The van der Waals surface area contributed by atoms with E-state index in [2.05, 4.69) is 19.8 Å². The first kappa shape index (κ1) is 31.3. The molecule has 0 atom stereocenters. The molecule has 8 nitrogen and oxygen atoms in total. The molecule has 0 spiro atoms. The van der Waals surface area contributed by atoms with E-state index in [1.54, 1.807) is 24.3 Å². The van der Waals surface area contributed by atoms with Crippen molar-refractivity contribution in [2.75, 3.05) is 44.0 Å². The van der Waals surface area contributed by atoms with Crippen LogP contribution in [0.2, 0.25) is 5.02 Å². The van der Waals surface area contributed by atoms with E-state index >= 15 is 0 Å². The van der Waals surface area contributed by atoms with Crippen LogP contribution < -0.4 is 14.8 Å². The number of ether oxygens (including phenoxy) is 1. The van der Waals surface area contributed by atoms with Crippen LogP contribution in [-0.2, 0) is 10.0 Å². The molecule has 0 aliphatic carbocycles. The first-order valence-corrected chi connectivity index (χ1v) is 16.7. The summed E-state index contributed by atoms with van der Waals surface area (Å²) in [5, 5.41) is 3.00. The Morgan fingerprint density at radius 1 is 0.930 bits per heavy atom. The van der Waals surface area contributed by atoms with Crippen molar-refractivity contribution >= 4 is 33.2 Å². The summed E-state index contributed by atoms with van der Waals surface area (Å²) in [6, 6.07) is 16.6. The van der Waals surface area contributed by atoms with Crippen molar-refractivity contribution in [2.24, 2.45) is 0 Å². The van der Waals surface area contributed by atoms with E-state index in [1.165, 1.54) is 81.6 Å². The summed E-state index contributed by atoms with van der Waals surface area (Å²) in [6.07, 6.45) is 7.32. The number of carbonyl (C=O) groups is 1. The number of piperidine rings is 2. The Labute approximate surface area is 258 Å². The highest BCUT2D eigenvalue weighted by Crippen LogP contribution is 2.35. The fourth-order valence-electron chi connectivity index (χ4n) is 5.70. The maximum Gasteiger partial charge on any atom is 0.262 e. The molecule has 2 saturated heterocycles. The fourth-order valence-corrected chi connectivity index (χ4v) is 6.98. The molecular formula is C32H38ClFN4O4S. The Morgan fingerprint density at radius 2 is 1.65 bits per heavy atom. The van der Waals surface area contributed by atoms with Crippen LogP contribution >= 0.6 is 11.6 Å². The first-order chi connectivity index (χ1) is 20.8. The molecule has 0 radical (unpaired) electrons. The minimum Gasteiger partial charge on any atom is -0.454 e. The van der Waals surface area contributed by atoms with Crippen molar-refractivity contribution in [3.05, 3.63) is 83.1 Å². The van der Waals surface area contributed by atoms with Gasteiger partial charge in [0, 0.05) is 18.2 Å². The average molecular weight is 629 g/mol. The third-order valence-electron chi connectivity index (χ3n) is 8.07. The van der Waals surface area contributed by atoms with Gasteiger partial charge in [0.2, 0.25) is 0 Å². The molecule has 3 aromatic rings. The highest BCUT2D eigenvalue weighted by atomic mass is 35.5. The maximum atomic E-state index is 13.4. The summed E-state index contributed by atoms with van der Waals surface area (Å²) in [5.74, 6) is -0.373. The van der Waals surface area contributed by atoms with E-state index in [0.29, 0.717) is 12.1 Å². The summed E-state index contributed by atoms with van der Waals surface area (Å²) in [6.45, 7) is 6.22. The Balaban J connectivity index is 1.09. The number of para-hydroxylation sites is 2. The normalized spacial score (nSPS) is 17.0. The number of rotatable bonds is 11. The summed E-state index contributed by atoms with van der Waals surface area (Å²) in [7, 11) is -4.00. The predicted molar refractivity (Wildman–Crippen MR) is 167 cm³/mol. The maximum absolute atomic E-state index is 13.4. The van der Waals surface area contributed by atoms with Crippen LogP contribution in [0.1, 0.15) is 48.9 Å². The third kappa shape index (κ3) is 8.47. The van der Waals surface area contributed by atoms with E-state index in [9.17, 15) is 17.6 Å². The van der Waals surface area contributed by atoms with Gasteiger partial charge in [0.05, 0.1) is 15.6 Å². The van der Waals surface area contributed by atoms with Crippen molar-refractivity contribution in [3.63, 3.8) is 0 Å². The van der Waals surface area contributed by atoms with Gasteiger partial charge in [-0.05, 0) is 119 Å². The summed E-state index contributed by atoms with van der Waals surface area (Å²) in [5.41, 5.74) is 0.566. The van der Waals surface area contributed by atoms with Gasteiger partial charge in [0.1, 0.15) is 11.6 Å². The van der Waals surface area contributed by atoms with Crippen molar-refractivity contribution in [1.82, 2.24) is 15.1 Å². The van der Waals surface area contributed by atoms with E-state index in [0.717, 1.165) is 38.2 Å². The van der Waals surface area contributed by atoms with Crippen molar-refractivity contribution in [3.8, 4) is 11.5 Å². The van der Waals surface area contributed by atoms with E-state index in [4.69, 9.17) is 16.3 Å². The number of hydrogen-bond donors (Lipinski definition) is 2. The molecule has 1 amide bonds. The van der Waals surface area contributed by atoms with Gasteiger partial charge in [-0.3, -0.25) is 9.52 Å². The van der Waals surface area contributed by atoms with Crippen LogP contribution in [0.25, 0.3) is 0 Å². The second-order valence-electron chi connectivity index (χ2n) is 11.1. The quantitative estimate of drug-likeness (QED) is 0.248. The molecule has 2 aliphatic rings. The topological polar surface area (TPSA) is 91.0 Å². The van der Waals surface area contributed by atoms with Gasteiger partial charge in [0.25, 0.3) is 15.9 Å². The van der Waals surface area contributed by atoms with Crippen LogP contribution in [0.15, 0.2) is 71.6 Å². The number of halogens is 2. The fraction of sp³-hybridized carbons (Fsp3) is 0.406. The molecule has 3 aromatic carbocycles. The number of hydrogen-bond acceptors (Lipinski definition) is 6. The van der Waals surface area contributed by atoms with E-state index in [1.807, 2.05) is 0 Å². The van der Waals surface area contributed by atoms with Crippen LogP contribution in [0, 0.1) is 5.82 Å². The molecular weight excluding hydrogens is 591 g/mol. The van der Waals surface area contributed by atoms with Crippen molar-refractivity contribution in [1.29, 1.82) is 0 Å². The average Bonchev–Trinajstić information content (AvgIpc) is 3.02. The number of benzene rings is 3. The summed E-state index contributed by atoms with van der Waals surface area (Å²) in [4.78, 5) is 17.8. The zero-order chi connectivity index (χ0) is 30.2. The van der Waals surface area contributed by atoms with Crippen molar-refractivity contribution < 1.29 is 22.3 Å². The molecule has 5 rings (SSSR count). The Bertz CT molecular complexity index is 1490. The van der Waals surface area contributed by atoms with Gasteiger partial charge in [-0.2, -0.15) is 0 Å². The lowest BCUT2D eigenvalue weighted by Crippen LogP contribution is -2.47. The van der Waals surface area contributed by atoms with E-state index in [-0.39, 0.29) is 33.0 Å². The first-order valence-electron chi connectivity index (χ1n) is 14.9. The van der Waals surface area contributed by atoms with Crippen LogP contribution in [0.4, 0.5) is 10.1 Å². The largest absolute Gasteiger partial charge is 0.454 e. The molecule has 0 bridgehead atoms. The van der Waals surface area contributed by atoms with Gasteiger partial charge in [-0.1, -0.05) is 30.2 Å². The van der Waals surface area contributed by atoms with Gasteiger partial charge in [-0.25, -0.2) is 12.8 Å². The lowest BCUT2D eigenvalue weighted by Gasteiger charge is -2.40. The second-order valence-corrected chi connectivity index (χ2v) is 13.2. The molecule has 11 heteroatoms. The Kier molecular flexibility index (Phi) is 10.6. The van der Waals surface area contributed by atoms with Gasteiger partial charge < -0.3 is 19.9 Å². The van der Waals surface area contributed by atoms with Crippen molar-refractivity contribution in [2.45, 2.75) is 49.5 Å². The standard InChI is InChI=1S/C32H38ClFN4O4S/c33-28-23-25(34)11-14-30(28)42-31-8-3-2-7-29(31)36-43(40,41)27-12-9-24(10-13-27)32(39)35-17-6-18-37-21-15-26(16-22-37)38-19-4-1-5-20-38/h2-3,7-14,23,26,36H,1,4-6,15-22H2,(H,35,39). The van der Waals surface area contributed by atoms with Gasteiger partial charge in [0.15, 0.2) is 5.75 Å². The third-order valence-corrected chi connectivity index (χ3v) is 9.75. The minimum atomic E-state index is -4.00. The molecule has 0 aromatic heterocycles. The summed E-state index contributed by atoms with van der Waals surface area (Å²) < 4.78 is 47.9. The zero-order valence-electron chi connectivity index (χ0n) is 24.1. The molecule has 0 saturated carbocycles. The zero-order valence-corrected chi connectivity index (χ0v) is 25.7. The lowest BCUT2D eigenvalue weighted by atomic mass is 10.00. The highest BCUT2D eigenvalue weighted by molar-refractivity contribution is 7.92. The number of anilines is 1. The Morgan fingerprint density at radius 3 is 2.37 bits per heavy atom. The smallest absolute Gasteiger partial charge is 0.262 e. The number of nitrogens with one attached hydrogen (secondary N) is 2. The number of sulfonamides is 1. The highest BCUT2D eigenvalue weighted by Gasteiger charge is 2.25. The van der Waals surface area contributed by atoms with Crippen LogP contribution in [-0.4, -0.2) is 69.4 Å². The molecule has 230 valence electrons. The monoisotopic (exact) mass is 628 g/mol. The Hall–Kier alpha value is -3.18. The van der Waals surface area contributed by atoms with Gasteiger partial charge in [-0.15, -0.1) is 0 Å². The van der Waals surface area contributed by atoms with Crippen LogP contribution in [0.5, 0.6) is 11.5 Å². The van der Waals surface area contributed by atoms with E-state index < -0.39 is 15.8 Å². The molecule has 43 heavy (non-hydrogen) atoms.